The molecule has 0 bridgehead atoms. The number of aliphatic carboxylic acids is 2. The minimum Gasteiger partial charge on any atom is -0.481 e. The van der Waals surface area contributed by atoms with Gasteiger partial charge < -0.3 is 10.2 Å². The molecular formula is C16H32O4S4. The van der Waals surface area contributed by atoms with Crippen molar-refractivity contribution >= 4 is 62.5 Å². The molecule has 0 aliphatic rings. The fourth-order valence-corrected chi connectivity index (χ4v) is 3.55. The van der Waals surface area contributed by atoms with Crippen molar-refractivity contribution in [3.63, 3.8) is 0 Å². The standard InChI is InChI=1S/2C8H16O2S2/c2*9-8(10)4-2-1-3-7(12)5-6-11/h2*7,11-12H,1-6H2,(H,9,10)/t2*7-/m10/s1. The van der Waals surface area contributed by atoms with Gasteiger partial charge in [-0.1, -0.05) is 12.8 Å². The molecular weight excluding hydrogens is 384 g/mol. The zero-order valence-electron chi connectivity index (χ0n) is 14.1. The number of carboxylic acid groups (broad SMARTS) is 2. The molecule has 0 amide bonds. The first-order chi connectivity index (χ1) is 11.3. The highest BCUT2D eigenvalue weighted by Crippen LogP contribution is 2.13. The van der Waals surface area contributed by atoms with Crippen LogP contribution in [0.4, 0.5) is 0 Å². The highest BCUT2D eigenvalue weighted by molar-refractivity contribution is 7.81. The summed E-state index contributed by atoms with van der Waals surface area (Å²) in [6.07, 6.45) is 7.98. The molecule has 0 saturated heterocycles. The summed E-state index contributed by atoms with van der Waals surface area (Å²) in [6, 6.07) is 0. The molecule has 0 aliphatic heterocycles. The summed E-state index contributed by atoms with van der Waals surface area (Å²) < 4.78 is 0. The Morgan fingerprint density at radius 1 is 0.667 bits per heavy atom. The Morgan fingerprint density at radius 3 is 1.25 bits per heavy atom. The minimum atomic E-state index is -0.708. The van der Waals surface area contributed by atoms with Crippen molar-refractivity contribution < 1.29 is 19.8 Å². The molecule has 24 heavy (non-hydrogen) atoms. The van der Waals surface area contributed by atoms with Crippen LogP contribution in [-0.4, -0.2) is 44.2 Å². The van der Waals surface area contributed by atoms with Crippen molar-refractivity contribution in [2.75, 3.05) is 11.5 Å². The van der Waals surface area contributed by atoms with Gasteiger partial charge in [0.25, 0.3) is 0 Å². The molecule has 144 valence electrons. The first-order valence-corrected chi connectivity index (χ1v) is 10.6. The lowest BCUT2D eigenvalue weighted by molar-refractivity contribution is -0.138. The predicted octanol–water partition coefficient (Wildman–Crippen LogP) is 4.50. The van der Waals surface area contributed by atoms with Gasteiger partial charge in [-0.05, 0) is 50.0 Å². The second kappa shape index (κ2) is 19.7. The van der Waals surface area contributed by atoms with Gasteiger partial charge >= 0.3 is 11.9 Å². The van der Waals surface area contributed by atoms with Gasteiger partial charge in [0.05, 0.1) is 0 Å². The summed E-state index contributed by atoms with van der Waals surface area (Å²) in [7, 11) is 0. The summed E-state index contributed by atoms with van der Waals surface area (Å²) in [6.45, 7) is 0. The fourth-order valence-electron chi connectivity index (χ4n) is 1.90. The van der Waals surface area contributed by atoms with Crippen LogP contribution >= 0.6 is 50.5 Å². The van der Waals surface area contributed by atoms with Crippen molar-refractivity contribution in [1.82, 2.24) is 0 Å². The van der Waals surface area contributed by atoms with Crippen molar-refractivity contribution in [3.05, 3.63) is 0 Å². The molecule has 0 spiro atoms. The van der Waals surface area contributed by atoms with E-state index in [1.54, 1.807) is 0 Å². The van der Waals surface area contributed by atoms with Crippen LogP contribution in [0.5, 0.6) is 0 Å². The maximum absolute atomic E-state index is 10.1. The molecule has 2 atom stereocenters. The maximum atomic E-state index is 10.1. The second-order valence-corrected chi connectivity index (χ2v) is 7.97. The van der Waals surface area contributed by atoms with Crippen LogP contribution in [0.25, 0.3) is 0 Å². The second-order valence-electron chi connectivity index (χ2n) is 5.61. The average molecular weight is 417 g/mol. The third-order valence-corrected chi connectivity index (χ3v) is 4.83. The molecule has 0 radical (unpaired) electrons. The molecule has 0 fully saturated rings. The van der Waals surface area contributed by atoms with E-state index in [4.69, 9.17) is 10.2 Å². The topological polar surface area (TPSA) is 74.6 Å². The number of rotatable bonds is 14. The monoisotopic (exact) mass is 416 g/mol. The van der Waals surface area contributed by atoms with Crippen LogP contribution in [0.2, 0.25) is 0 Å². The van der Waals surface area contributed by atoms with Gasteiger partial charge in [0.1, 0.15) is 0 Å². The van der Waals surface area contributed by atoms with Crippen molar-refractivity contribution in [2.24, 2.45) is 0 Å². The summed E-state index contributed by atoms with van der Waals surface area (Å²) in [4.78, 5) is 20.3. The Morgan fingerprint density at radius 2 is 1.00 bits per heavy atom. The molecule has 0 saturated carbocycles. The van der Waals surface area contributed by atoms with E-state index in [1.165, 1.54) is 0 Å². The zero-order chi connectivity index (χ0) is 18.8. The molecule has 0 aromatic heterocycles. The number of hydrogen-bond donors (Lipinski definition) is 6. The normalized spacial score (nSPS) is 12.8. The fraction of sp³-hybridized carbons (Fsp3) is 0.875. The van der Waals surface area contributed by atoms with E-state index in [1.807, 2.05) is 0 Å². The molecule has 8 heteroatoms. The average Bonchev–Trinajstić information content (AvgIpc) is 2.49. The Kier molecular flexibility index (Phi) is 21.8. The first kappa shape index (κ1) is 26.6. The first-order valence-electron chi connectivity index (χ1n) is 8.34. The lowest BCUT2D eigenvalue weighted by atomic mass is 10.1. The van der Waals surface area contributed by atoms with Crippen LogP contribution in [-0.2, 0) is 9.59 Å². The van der Waals surface area contributed by atoms with Gasteiger partial charge in [-0.2, -0.15) is 50.5 Å². The maximum Gasteiger partial charge on any atom is 0.303 e. The summed E-state index contributed by atoms with van der Waals surface area (Å²) in [5.74, 6) is 0.292. The van der Waals surface area contributed by atoms with Crippen LogP contribution in [0.15, 0.2) is 0 Å². The number of hydrogen-bond acceptors (Lipinski definition) is 6. The van der Waals surface area contributed by atoms with Gasteiger partial charge in [-0.3, -0.25) is 9.59 Å². The Labute approximate surface area is 168 Å². The van der Waals surface area contributed by atoms with Crippen LogP contribution in [0.3, 0.4) is 0 Å². The highest BCUT2D eigenvalue weighted by Gasteiger charge is 2.03. The number of unbranched alkanes of at least 4 members (excludes halogenated alkanes) is 2. The van der Waals surface area contributed by atoms with Crippen LogP contribution < -0.4 is 0 Å². The molecule has 0 aromatic carbocycles. The van der Waals surface area contributed by atoms with Crippen molar-refractivity contribution in [1.29, 1.82) is 0 Å². The molecule has 0 aliphatic carbocycles. The molecule has 0 rings (SSSR count). The number of carbonyl (C=O) groups is 2. The van der Waals surface area contributed by atoms with Crippen LogP contribution in [0, 0.1) is 0 Å². The largest absolute Gasteiger partial charge is 0.481 e. The van der Waals surface area contributed by atoms with Crippen molar-refractivity contribution in [3.8, 4) is 0 Å². The quantitative estimate of drug-likeness (QED) is 0.186. The minimum absolute atomic E-state index is 0.279. The van der Waals surface area contributed by atoms with E-state index in [0.717, 1.165) is 62.9 Å². The Bertz CT molecular complexity index is 286. The lowest BCUT2D eigenvalue weighted by Gasteiger charge is -2.06. The summed E-state index contributed by atoms with van der Waals surface area (Å²) >= 11 is 16.9. The third kappa shape index (κ3) is 24.6. The molecule has 0 unspecified atom stereocenters. The Balaban J connectivity index is 0. The van der Waals surface area contributed by atoms with Gasteiger partial charge in [-0.25, -0.2) is 0 Å². The van der Waals surface area contributed by atoms with Crippen molar-refractivity contribution in [2.45, 2.75) is 74.7 Å². The van der Waals surface area contributed by atoms with E-state index in [-0.39, 0.29) is 12.8 Å². The molecule has 0 heterocycles. The number of carboxylic acids is 2. The van der Waals surface area contributed by atoms with E-state index in [9.17, 15) is 9.59 Å². The van der Waals surface area contributed by atoms with Gasteiger partial charge in [0, 0.05) is 23.3 Å². The Hall–Kier alpha value is 0.340. The molecule has 4 nitrogen and oxygen atoms in total. The molecule has 0 aromatic rings. The number of thiol groups is 4. The van der Waals surface area contributed by atoms with Gasteiger partial charge in [0.2, 0.25) is 0 Å². The summed E-state index contributed by atoms with van der Waals surface area (Å²) in [5.41, 5.74) is 0. The summed E-state index contributed by atoms with van der Waals surface area (Å²) in [5, 5.41) is 17.5. The third-order valence-electron chi connectivity index (χ3n) is 3.28. The zero-order valence-corrected chi connectivity index (χ0v) is 17.7. The highest BCUT2D eigenvalue weighted by atomic mass is 32.1. The SMILES string of the molecule is O=C(O)CCCC[C@@H](S)CCS.O=C(O)CCCC[C@H](S)CCS. The van der Waals surface area contributed by atoms with E-state index < -0.39 is 11.9 Å². The van der Waals surface area contributed by atoms with Gasteiger partial charge in [-0.15, -0.1) is 0 Å². The van der Waals surface area contributed by atoms with E-state index >= 15 is 0 Å². The van der Waals surface area contributed by atoms with Gasteiger partial charge in [0.15, 0.2) is 0 Å². The van der Waals surface area contributed by atoms with E-state index in [0.29, 0.717) is 10.5 Å². The van der Waals surface area contributed by atoms with Crippen LogP contribution in [0.1, 0.15) is 64.2 Å². The lowest BCUT2D eigenvalue weighted by Crippen LogP contribution is -2.00. The predicted molar refractivity (Wildman–Crippen MR) is 115 cm³/mol. The van der Waals surface area contributed by atoms with E-state index in [2.05, 4.69) is 50.5 Å². The molecule has 2 N–H and O–H groups in total. The smallest absolute Gasteiger partial charge is 0.303 e.